The summed E-state index contributed by atoms with van der Waals surface area (Å²) in [5.41, 5.74) is 4.54. The lowest BCUT2D eigenvalue weighted by molar-refractivity contribution is -0.113. The van der Waals surface area contributed by atoms with Gasteiger partial charge in [0.2, 0.25) is 0 Å². The highest BCUT2D eigenvalue weighted by molar-refractivity contribution is 7.07. The van der Waals surface area contributed by atoms with Gasteiger partial charge in [0.15, 0.2) is 4.80 Å². The smallest absolute Gasteiger partial charge is 0.271 e. The van der Waals surface area contributed by atoms with Gasteiger partial charge in [-0.3, -0.25) is 14.2 Å². The van der Waals surface area contributed by atoms with Gasteiger partial charge < -0.3 is 5.32 Å². The molecule has 0 saturated heterocycles. The molecule has 0 aliphatic carbocycles. The molecule has 1 aromatic heterocycles. The maximum absolute atomic E-state index is 13.6. The zero-order valence-electron chi connectivity index (χ0n) is 18.9. The van der Waals surface area contributed by atoms with Crippen molar-refractivity contribution < 1.29 is 4.79 Å². The summed E-state index contributed by atoms with van der Waals surface area (Å²) >= 11 is 1.34. The third-order valence-corrected chi connectivity index (χ3v) is 6.74. The van der Waals surface area contributed by atoms with E-state index in [1.807, 2.05) is 105 Å². The summed E-state index contributed by atoms with van der Waals surface area (Å²) in [6.45, 7) is 3.85. The first-order valence-corrected chi connectivity index (χ1v) is 11.8. The number of amides is 1. The van der Waals surface area contributed by atoms with Crippen molar-refractivity contribution in [3.05, 3.63) is 133 Å². The molecule has 3 aromatic carbocycles. The van der Waals surface area contributed by atoms with Gasteiger partial charge in [-0.25, -0.2) is 4.99 Å². The SMILES string of the molecule is CC1=C(C(=O)Nc2ccccc2)[C@H](c2ccccc2)n2c(s/c(=C\c3cccc(C)c3)c2=O)=N1. The van der Waals surface area contributed by atoms with E-state index in [0.29, 0.717) is 26.3 Å². The molecule has 0 saturated carbocycles. The number of hydrogen-bond acceptors (Lipinski definition) is 4. The molecule has 0 unspecified atom stereocenters. The maximum atomic E-state index is 13.6. The first-order chi connectivity index (χ1) is 16.5. The van der Waals surface area contributed by atoms with E-state index in [0.717, 1.165) is 16.7 Å². The number of thiazole rings is 1. The summed E-state index contributed by atoms with van der Waals surface area (Å²) in [6, 6.07) is 26.4. The molecule has 1 N–H and O–H groups in total. The van der Waals surface area contributed by atoms with Gasteiger partial charge in [0.1, 0.15) is 0 Å². The van der Waals surface area contributed by atoms with Crippen LogP contribution in [0.3, 0.4) is 0 Å². The van der Waals surface area contributed by atoms with E-state index in [2.05, 4.69) is 10.3 Å². The van der Waals surface area contributed by atoms with E-state index >= 15 is 0 Å². The number of aromatic nitrogens is 1. The number of carbonyl (C=O) groups excluding carboxylic acids is 1. The minimum atomic E-state index is -0.569. The second-order valence-corrected chi connectivity index (χ2v) is 9.24. The van der Waals surface area contributed by atoms with Gasteiger partial charge in [0.05, 0.1) is 21.8 Å². The molecule has 5 rings (SSSR count). The number of fused-ring (bicyclic) bond motifs is 1. The number of benzene rings is 3. The number of carbonyl (C=O) groups is 1. The topological polar surface area (TPSA) is 63.5 Å². The Kier molecular flexibility index (Phi) is 5.82. The molecule has 5 nitrogen and oxygen atoms in total. The summed E-state index contributed by atoms with van der Waals surface area (Å²) in [5.74, 6) is -0.269. The quantitative estimate of drug-likeness (QED) is 0.491. The van der Waals surface area contributed by atoms with Gasteiger partial charge in [0, 0.05) is 5.69 Å². The van der Waals surface area contributed by atoms with E-state index in [1.54, 1.807) is 4.57 Å². The van der Waals surface area contributed by atoms with Crippen molar-refractivity contribution in [1.29, 1.82) is 0 Å². The third-order valence-electron chi connectivity index (χ3n) is 5.75. The normalized spacial score (nSPS) is 15.6. The highest BCUT2D eigenvalue weighted by Gasteiger charge is 2.32. The molecule has 0 bridgehead atoms. The molecule has 168 valence electrons. The number of nitrogens with one attached hydrogen (secondary N) is 1. The van der Waals surface area contributed by atoms with Crippen LogP contribution in [0.25, 0.3) is 6.08 Å². The Morgan fingerprint density at radius 2 is 1.68 bits per heavy atom. The van der Waals surface area contributed by atoms with Gasteiger partial charge in [-0.05, 0) is 43.2 Å². The van der Waals surface area contributed by atoms with Gasteiger partial charge >= 0.3 is 0 Å². The van der Waals surface area contributed by atoms with Crippen LogP contribution in [-0.2, 0) is 4.79 Å². The number of allylic oxidation sites excluding steroid dienone is 1. The number of hydrogen-bond donors (Lipinski definition) is 1. The number of rotatable bonds is 4. The Hall–Kier alpha value is -4.03. The van der Waals surface area contributed by atoms with Crippen LogP contribution >= 0.6 is 11.3 Å². The van der Waals surface area contributed by atoms with Crippen molar-refractivity contribution in [3.8, 4) is 0 Å². The van der Waals surface area contributed by atoms with Crippen LogP contribution < -0.4 is 20.2 Å². The maximum Gasteiger partial charge on any atom is 0.271 e. The Morgan fingerprint density at radius 1 is 0.971 bits per heavy atom. The molecule has 0 spiro atoms. The lowest BCUT2D eigenvalue weighted by Crippen LogP contribution is -2.40. The lowest BCUT2D eigenvalue weighted by Gasteiger charge is -2.25. The average molecular weight is 466 g/mol. The fourth-order valence-electron chi connectivity index (χ4n) is 4.19. The number of para-hydroxylation sites is 1. The summed E-state index contributed by atoms with van der Waals surface area (Å²) in [7, 11) is 0. The summed E-state index contributed by atoms with van der Waals surface area (Å²) < 4.78 is 2.23. The Morgan fingerprint density at radius 3 is 2.38 bits per heavy atom. The van der Waals surface area contributed by atoms with Crippen molar-refractivity contribution in [2.75, 3.05) is 5.32 Å². The zero-order valence-corrected chi connectivity index (χ0v) is 19.7. The van der Waals surface area contributed by atoms with Crippen LogP contribution in [0.2, 0.25) is 0 Å². The van der Waals surface area contributed by atoms with E-state index in [4.69, 9.17) is 0 Å². The minimum absolute atomic E-state index is 0.156. The number of nitrogens with zero attached hydrogens (tertiary/aromatic N) is 2. The third kappa shape index (κ3) is 4.16. The molecule has 6 heteroatoms. The first kappa shape index (κ1) is 21.8. The Bertz CT molecular complexity index is 1580. The second kappa shape index (κ2) is 9.08. The molecule has 4 aromatic rings. The van der Waals surface area contributed by atoms with Crippen molar-refractivity contribution in [2.45, 2.75) is 19.9 Å². The molecule has 0 radical (unpaired) electrons. The Balaban J connectivity index is 1.67. The predicted octanol–water partition coefficient (Wildman–Crippen LogP) is 4.18. The molecular formula is C28H23N3O2S. The second-order valence-electron chi connectivity index (χ2n) is 8.23. The van der Waals surface area contributed by atoms with E-state index < -0.39 is 6.04 Å². The fourth-order valence-corrected chi connectivity index (χ4v) is 5.24. The van der Waals surface area contributed by atoms with Gasteiger partial charge in [-0.1, -0.05) is 89.7 Å². The number of anilines is 1. The van der Waals surface area contributed by atoms with Gasteiger partial charge in [-0.15, -0.1) is 0 Å². The van der Waals surface area contributed by atoms with Crippen LogP contribution in [0.4, 0.5) is 5.69 Å². The van der Waals surface area contributed by atoms with Crippen molar-refractivity contribution in [3.63, 3.8) is 0 Å². The van der Waals surface area contributed by atoms with Crippen molar-refractivity contribution >= 4 is 29.0 Å². The van der Waals surface area contributed by atoms with Crippen LogP contribution in [0.1, 0.15) is 29.7 Å². The molecule has 1 aliphatic heterocycles. The summed E-state index contributed by atoms with van der Waals surface area (Å²) in [4.78, 5) is 32.4. The molecule has 34 heavy (non-hydrogen) atoms. The minimum Gasteiger partial charge on any atom is -0.322 e. The van der Waals surface area contributed by atoms with Crippen LogP contribution in [-0.4, -0.2) is 10.5 Å². The highest BCUT2D eigenvalue weighted by atomic mass is 32.1. The molecule has 1 amide bonds. The number of aryl methyl sites for hydroxylation is 1. The average Bonchev–Trinajstić information content (AvgIpc) is 3.13. The van der Waals surface area contributed by atoms with Crippen LogP contribution in [0.5, 0.6) is 0 Å². The van der Waals surface area contributed by atoms with Gasteiger partial charge in [0.25, 0.3) is 11.5 Å². The largest absolute Gasteiger partial charge is 0.322 e. The lowest BCUT2D eigenvalue weighted by atomic mass is 9.95. The van der Waals surface area contributed by atoms with Crippen LogP contribution in [0, 0.1) is 6.92 Å². The van der Waals surface area contributed by atoms with Crippen molar-refractivity contribution in [2.24, 2.45) is 4.99 Å². The summed E-state index contributed by atoms with van der Waals surface area (Å²) in [5, 5.41) is 2.97. The van der Waals surface area contributed by atoms with E-state index in [9.17, 15) is 9.59 Å². The molecule has 0 fully saturated rings. The molecular weight excluding hydrogens is 442 g/mol. The Labute approximate surface area is 201 Å². The van der Waals surface area contributed by atoms with E-state index in [-0.39, 0.29) is 11.5 Å². The van der Waals surface area contributed by atoms with Crippen LogP contribution in [0.15, 0.2) is 106 Å². The highest BCUT2D eigenvalue weighted by Crippen LogP contribution is 2.30. The molecule has 1 aliphatic rings. The standard InChI is InChI=1S/C28H23N3O2S/c1-18-10-9-11-20(16-18)17-23-27(33)31-25(21-12-5-3-6-13-21)24(19(2)29-28(31)34-23)26(32)30-22-14-7-4-8-15-22/h3-17,25H,1-2H3,(H,30,32)/b23-17-/t25-/m0/s1. The first-order valence-electron chi connectivity index (χ1n) is 11.0. The zero-order chi connectivity index (χ0) is 23.7. The monoisotopic (exact) mass is 465 g/mol. The molecule has 1 atom stereocenters. The fraction of sp³-hybridized carbons (Fsp3) is 0.107. The predicted molar refractivity (Wildman–Crippen MR) is 136 cm³/mol. The van der Waals surface area contributed by atoms with E-state index in [1.165, 1.54) is 11.3 Å². The van der Waals surface area contributed by atoms with Gasteiger partial charge in [-0.2, -0.15) is 0 Å². The van der Waals surface area contributed by atoms with Crippen molar-refractivity contribution in [1.82, 2.24) is 4.57 Å². The summed E-state index contributed by atoms with van der Waals surface area (Å²) in [6.07, 6.45) is 1.89. The molecule has 2 heterocycles.